The number of hydrogen-bond acceptors (Lipinski definition) is 3. The summed E-state index contributed by atoms with van der Waals surface area (Å²) in [5.74, 6) is -0.771. The average molecular weight is 368 g/mol. The number of nitriles is 1. The number of nitrogens with zero attached hydrogens (tertiary/aromatic N) is 1. The van der Waals surface area contributed by atoms with E-state index < -0.39 is 11.8 Å². The normalized spacial score (nSPS) is 11.2. The van der Waals surface area contributed by atoms with Crippen LogP contribution in [-0.4, -0.2) is 11.1 Å². The number of hydrogen-bond donors (Lipinski definition) is 1. The Kier molecular flexibility index (Phi) is 4.87. The Hall–Kier alpha value is -3.36. The van der Waals surface area contributed by atoms with Gasteiger partial charge in [-0.25, -0.2) is 9.18 Å². The zero-order chi connectivity index (χ0) is 18.7. The van der Waals surface area contributed by atoms with Crippen molar-refractivity contribution in [2.75, 3.05) is 0 Å². The minimum absolute atomic E-state index is 0.0323. The van der Waals surface area contributed by atoms with Gasteiger partial charge < -0.3 is 9.52 Å². The topological polar surface area (TPSA) is 74.2 Å². The van der Waals surface area contributed by atoms with Crippen LogP contribution in [0.25, 0.3) is 23.0 Å². The second-order valence-corrected chi connectivity index (χ2v) is 5.79. The number of allylic oxidation sites excluding steroid dienone is 1. The third-order valence-electron chi connectivity index (χ3n) is 3.65. The first-order chi connectivity index (χ1) is 12.5. The molecule has 0 aliphatic rings. The lowest BCUT2D eigenvalue weighted by atomic mass is 10.1. The molecule has 128 valence electrons. The second-order valence-electron chi connectivity index (χ2n) is 5.38. The van der Waals surface area contributed by atoms with Crippen molar-refractivity contribution in [3.05, 3.63) is 82.3 Å². The smallest absolute Gasteiger partial charge is 0.337 e. The molecule has 0 saturated carbocycles. The molecule has 6 heteroatoms. The molecule has 1 aromatic heterocycles. The number of halogens is 2. The summed E-state index contributed by atoms with van der Waals surface area (Å²) >= 11 is 5.86. The number of carbonyl (C=O) groups is 1. The highest BCUT2D eigenvalue weighted by Gasteiger charge is 2.12. The van der Waals surface area contributed by atoms with Gasteiger partial charge in [-0.15, -0.1) is 0 Å². The number of rotatable bonds is 4. The van der Waals surface area contributed by atoms with Crippen LogP contribution < -0.4 is 0 Å². The summed E-state index contributed by atoms with van der Waals surface area (Å²) in [6.07, 6.45) is 1.49. The highest BCUT2D eigenvalue weighted by Crippen LogP contribution is 2.28. The van der Waals surface area contributed by atoms with Crippen LogP contribution in [-0.2, 0) is 0 Å². The van der Waals surface area contributed by atoms with E-state index in [1.54, 1.807) is 24.3 Å². The Morgan fingerprint density at radius 1 is 1.19 bits per heavy atom. The molecule has 0 aliphatic carbocycles. The molecule has 0 spiro atoms. The molecule has 0 amide bonds. The Labute approximate surface area is 153 Å². The Balaban J connectivity index is 1.96. The number of aromatic carboxylic acids is 1. The lowest BCUT2D eigenvalue weighted by Crippen LogP contribution is -1.97. The molecule has 0 unspecified atom stereocenters. The average Bonchev–Trinajstić information content (AvgIpc) is 3.08. The van der Waals surface area contributed by atoms with E-state index in [9.17, 15) is 14.4 Å². The summed E-state index contributed by atoms with van der Waals surface area (Å²) in [6.45, 7) is 0. The van der Waals surface area contributed by atoms with Crippen molar-refractivity contribution in [1.29, 1.82) is 5.26 Å². The minimum Gasteiger partial charge on any atom is -0.478 e. The lowest BCUT2D eigenvalue weighted by Gasteiger charge is -2.02. The largest absolute Gasteiger partial charge is 0.478 e. The predicted octanol–water partition coefficient (Wildman–Crippen LogP) is 5.50. The summed E-state index contributed by atoms with van der Waals surface area (Å²) < 4.78 is 19.0. The van der Waals surface area contributed by atoms with Gasteiger partial charge in [-0.3, -0.25) is 0 Å². The summed E-state index contributed by atoms with van der Waals surface area (Å²) in [4.78, 5) is 11.2. The van der Waals surface area contributed by atoms with Crippen LogP contribution in [0.4, 0.5) is 4.39 Å². The highest BCUT2D eigenvalue weighted by molar-refractivity contribution is 6.33. The van der Waals surface area contributed by atoms with E-state index >= 15 is 0 Å². The maximum absolute atomic E-state index is 13.3. The molecule has 0 saturated heterocycles. The molecule has 0 fully saturated rings. The number of carboxylic acids is 1. The zero-order valence-electron chi connectivity index (χ0n) is 13.2. The third-order valence-corrected chi connectivity index (χ3v) is 3.98. The molecule has 4 nitrogen and oxygen atoms in total. The van der Waals surface area contributed by atoms with Crippen molar-refractivity contribution in [3.8, 4) is 17.4 Å². The van der Waals surface area contributed by atoms with E-state index in [1.807, 2.05) is 6.07 Å². The van der Waals surface area contributed by atoms with Crippen LogP contribution >= 0.6 is 11.6 Å². The van der Waals surface area contributed by atoms with Gasteiger partial charge in [0.1, 0.15) is 17.3 Å². The molecule has 0 radical (unpaired) electrons. The van der Waals surface area contributed by atoms with E-state index in [0.717, 1.165) is 0 Å². The third kappa shape index (κ3) is 3.66. The standard InChI is InChI=1S/C20H11ClFNO3/c21-18-6-4-13(10-17(18)20(24)25)19-7-5-16(26-19)9-14(11-23)12-2-1-3-15(22)8-12/h1-10H,(H,24,25)/b14-9+. The fourth-order valence-corrected chi connectivity index (χ4v) is 2.60. The highest BCUT2D eigenvalue weighted by atomic mass is 35.5. The van der Waals surface area contributed by atoms with Crippen LogP contribution in [0.1, 0.15) is 21.7 Å². The molecule has 1 heterocycles. The van der Waals surface area contributed by atoms with Crippen LogP contribution in [0.5, 0.6) is 0 Å². The maximum Gasteiger partial charge on any atom is 0.337 e. The van der Waals surface area contributed by atoms with Gasteiger partial charge >= 0.3 is 5.97 Å². The molecule has 3 rings (SSSR count). The fourth-order valence-electron chi connectivity index (χ4n) is 2.41. The van der Waals surface area contributed by atoms with Crippen molar-refractivity contribution in [2.24, 2.45) is 0 Å². The van der Waals surface area contributed by atoms with Crippen molar-refractivity contribution in [2.45, 2.75) is 0 Å². The predicted molar refractivity (Wildman–Crippen MR) is 96.0 cm³/mol. The second kappa shape index (κ2) is 7.26. The Morgan fingerprint density at radius 3 is 2.69 bits per heavy atom. The van der Waals surface area contributed by atoms with Crippen molar-refractivity contribution < 1.29 is 18.7 Å². The van der Waals surface area contributed by atoms with Gasteiger partial charge in [-0.2, -0.15) is 5.26 Å². The molecule has 26 heavy (non-hydrogen) atoms. The van der Waals surface area contributed by atoms with E-state index in [2.05, 4.69) is 0 Å². The number of carboxylic acid groups (broad SMARTS) is 1. The minimum atomic E-state index is -1.14. The fraction of sp³-hybridized carbons (Fsp3) is 0. The van der Waals surface area contributed by atoms with E-state index in [-0.39, 0.29) is 16.2 Å². The quantitative estimate of drug-likeness (QED) is 0.618. The number of furan rings is 1. The first-order valence-electron chi connectivity index (χ1n) is 7.48. The first-order valence-corrected chi connectivity index (χ1v) is 7.86. The molecule has 0 bridgehead atoms. The van der Waals surface area contributed by atoms with E-state index in [1.165, 1.54) is 36.4 Å². The summed E-state index contributed by atoms with van der Waals surface area (Å²) in [6, 6.07) is 15.5. The van der Waals surface area contributed by atoms with Gasteiger partial charge in [-0.05, 0) is 54.1 Å². The SMILES string of the molecule is N#C/C(=C\c1ccc(-c2ccc(Cl)c(C(=O)O)c2)o1)c1cccc(F)c1. The maximum atomic E-state index is 13.3. The van der Waals surface area contributed by atoms with Crippen LogP contribution in [0.3, 0.4) is 0 Å². The van der Waals surface area contributed by atoms with Gasteiger partial charge in [-0.1, -0.05) is 23.7 Å². The molecule has 1 N–H and O–H groups in total. The molecule has 3 aromatic rings. The Morgan fingerprint density at radius 2 is 2.00 bits per heavy atom. The summed E-state index contributed by atoms with van der Waals surface area (Å²) in [7, 11) is 0. The van der Waals surface area contributed by atoms with Gasteiger partial charge in [0.2, 0.25) is 0 Å². The van der Waals surface area contributed by atoms with E-state index in [4.69, 9.17) is 21.1 Å². The van der Waals surface area contributed by atoms with Gasteiger partial charge in [0.25, 0.3) is 0 Å². The lowest BCUT2D eigenvalue weighted by molar-refractivity contribution is 0.0697. The number of benzene rings is 2. The molecule has 0 atom stereocenters. The Bertz CT molecular complexity index is 1060. The molecule has 0 aliphatic heterocycles. The van der Waals surface area contributed by atoms with Crippen LogP contribution in [0.15, 0.2) is 59.0 Å². The molecule has 2 aromatic carbocycles. The van der Waals surface area contributed by atoms with Gasteiger partial charge in [0, 0.05) is 5.56 Å². The van der Waals surface area contributed by atoms with Crippen molar-refractivity contribution >= 4 is 29.2 Å². The first kappa shape index (κ1) is 17.5. The van der Waals surface area contributed by atoms with Crippen molar-refractivity contribution in [3.63, 3.8) is 0 Å². The van der Waals surface area contributed by atoms with Gasteiger partial charge in [0.05, 0.1) is 22.2 Å². The zero-order valence-corrected chi connectivity index (χ0v) is 14.0. The molecular weight excluding hydrogens is 357 g/mol. The van der Waals surface area contributed by atoms with Crippen LogP contribution in [0.2, 0.25) is 5.02 Å². The molecular formula is C20H11ClFNO3. The monoisotopic (exact) mass is 367 g/mol. The summed E-state index contributed by atoms with van der Waals surface area (Å²) in [5.41, 5.74) is 1.18. The van der Waals surface area contributed by atoms with Crippen molar-refractivity contribution in [1.82, 2.24) is 0 Å². The summed E-state index contributed by atoms with van der Waals surface area (Å²) in [5, 5.41) is 18.6. The van der Waals surface area contributed by atoms with Gasteiger partial charge in [0.15, 0.2) is 0 Å². The van der Waals surface area contributed by atoms with Crippen LogP contribution in [0, 0.1) is 17.1 Å². The van der Waals surface area contributed by atoms with E-state index in [0.29, 0.717) is 22.6 Å².